The average Bonchev–Trinajstić information content (AvgIpc) is 3.06. The Morgan fingerprint density at radius 3 is 2.65 bits per heavy atom. The van der Waals surface area contributed by atoms with Crippen LogP contribution in [0.3, 0.4) is 0 Å². The molecule has 26 heavy (non-hydrogen) atoms. The molecule has 0 saturated carbocycles. The number of aromatic nitrogens is 1. The SMILES string of the molecule is Cc1ccccc1Cn1cccc1CNC(=O)Nc1cccc(Cl)c1C. The number of hydrogen-bond acceptors (Lipinski definition) is 1. The molecular weight excluding hydrogens is 346 g/mol. The lowest BCUT2D eigenvalue weighted by atomic mass is 10.1. The number of benzene rings is 2. The molecule has 5 heteroatoms. The van der Waals surface area contributed by atoms with Crippen LogP contribution in [0.5, 0.6) is 0 Å². The van der Waals surface area contributed by atoms with Gasteiger partial charge in [-0.2, -0.15) is 0 Å². The van der Waals surface area contributed by atoms with Gasteiger partial charge in [0.2, 0.25) is 0 Å². The highest BCUT2D eigenvalue weighted by Crippen LogP contribution is 2.22. The maximum Gasteiger partial charge on any atom is 0.319 e. The zero-order valence-corrected chi connectivity index (χ0v) is 15.7. The van der Waals surface area contributed by atoms with E-state index in [0.29, 0.717) is 17.3 Å². The van der Waals surface area contributed by atoms with Gasteiger partial charge in [0.15, 0.2) is 0 Å². The zero-order valence-electron chi connectivity index (χ0n) is 14.9. The largest absolute Gasteiger partial charge is 0.345 e. The van der Waals surface area contributed by atoms with Gasteiger partial charge in [0.25, 0.3) is 0 Å². The molecule has 2 aromatic carbocycles. The quantitative estimate of drug-likeness (QED) is 0.645. The van der Waals surface area contributed by atoms with Gasteiger partial charge in [-0.3, -0.25) is 0 Å². The first-order valence-corrected chi connectivity index (χ1v) is 8.91. The molecule has 2 amide bonds. The minimum atomic E-state index is -0.251. The van der Waals surface area contributed by atoms with E-state index in [9.17, 15) is 4.79 Å². The molecule has 3 aromatic rings. The van der Waals surface area contributed by atoms with Crippen LogP contribution in [0.1, 0.15) is 22.4 Å². The summed E-state index contributed by atoms with van der Waals surface area (Å²) in [5.41, 5.74) is 5.14. The van der Waals surface area contributed by atoms with Crippen LogP contribution in [0.15, 0.2) is 60.8 Å². The molecular formula is C21H22ClN3O. The number of halogens is 1. The molecule has 0 atom stereocenters. The Balaban J connectivity index is 1.62. The van der Waals surface area contributed by atoms with Gasteiger partial charge in [-0.05, 0) is 54.8 Å². The topological polar surface area (TPSA) is 46.1 Å². The maximum absolute atomic E-state index is 12.2. The second kappa shape index (κ2) is 8.11. The number of hydrogen-bond donors (Lipinski definition) is 2. The lowest BCUT2D eigenvalue weighted by Crippen LogP contribution is -2.29. The fourth-order valence-corrected chi connectivity index (χ4v) is 2.99. The molecule has 134 valence electrons. The van der Waals surface area contributed by atoms with Crippen LogP contribution >= 0.6 is 11.6 Å². The fourth-order valence-electron chi connectivity index (χ4n) is 2.82. The van der Waals surface area contributed by atoms with E-state index in [2.05, 4.69) is 34.3 Å². The Morgan fingerprint density at radius 1 is 1.04 bits per heavy atom. The van der Waals surface area contributed by atoms with E-state index in [1.165, 1.54) is 11.1 Å². The summed E-state index contributed by atoms with van der Waals surface area (Å²) < 4.78 is 2.15. The summed E-state index contributed by atoms with van der Waals surface area (Å²) in [4.78, 5) is 12.2. The predicted octanol–water partition coefficient (Wildman–Crippen LogP) is 5.13. The van der Waals surface area contributed by atoms with E-state index >= 15 is 0 Å². The highest BCUT2D eigenvalue weighted by atomic mass is 35.5. The number of urea groups is 1. The summed E-state index contributed by atoms with van der Waals surface area (Å²) in [5, 5.41) is 6.39. The number of rotatable bonds is 5. The summed E-state index contributed by atoms with van der Waals surface area (Å²) in [5.74, 6) is 0. The maximum atomic E-state index is 12.2. The highest BCUT2D eigenvalue weighted by Gasteiger charge is 2.08. The van der Waals surface area contributed by atoms with Crippen molar-refractivity contribution in [3.8, 4) is 0 Å². The minimum absolute atomic E-state index is 0.251. The fraction of sp³-hybridized carbons (Fsp3) is 0.190. The van der Waals surface area contributed by atoms with E-state index in [1.807, 2.05) is 49.5 Å². The Morgan fingerprint density at radius 2 is 1.85 bits per heavy atom. The van der Waals surface area contributed by atoms with Crippen LogP contribution in [-0.2, 0) is 13.1 Å². The molecule has 1 aromatic heterocycles. The van der Waals surface area contributed by atoms with Crippen molar-refractivity contribution >= 4 is 23.3 Å². The lowest BCUT2D eigenvalue weighted by molar-refractivity contribution is 0.251. The Hall–Kier alpha value is -2.72. The summed E-state index contributed by atoms with van der Waals surface area (Å²) in [6.45, 7) is 5.22. The lowest BCUT2D eigenvalue weighted by Gasteiger charge is -2.13. The molecule has 0 fully saturated rings. The molecule has 0 aliphatic heterocycles. The molecule has 3 rings (SSSR count). The van der Waals surface area contributed by atoms with E-state index in [0.717, 1.165) is 17.8 Å². The number of aryl methyl sites for hydroxylation is 1. The van der Waals surface area contributed by atoms with Crippen molar-refractivity contribution in [3.63, 3.8) is 0 Å². The smallest absolute Gasteiger partial charge is 0.319 e. The third kappa shape index (κ3) is 4.27. The molecule has 0 saturated heterocycles. The molecule has 0 radical (unpaired) electrons. The van der Waals surface area contributed by atoms with Crippen molar-refractivity contribution in [2.75, 3.05) is 5.32 Å². The number of anilines is 1. The van der Waals surface area contributed by atoms with Crippen LogP contribution in [-0.4, -0.2) is 10.6 Å². The van der Waals surface area contributed by atoms with Crippen molar-refractivity contribution in [2.24, 2.45) is 0 Å². The molecule has 1 heterocycles. The zero-order chi connectivity index (χ0) is 18.5. The molecule has 0 aliphatic rings. The third-order valence-electron chi connectivity index (χ3n) is 4.47. The van der Waals surface area contributed by atoms with Gasteiger partial charge in [-0.25, -0.2) is 4.79 Å². The number of nitrogens with zero attached hydrogens (tertiary/aromatic N) is 1. The first kappa shape index (κ1) is 18.1. The normalized spacial score (nSPS) is 10.6. The highest BCUT2D eigenvalue weighted by molar-refractivity contribution is 6.31. The third-order valence-corrected chi connectivity index (χ3v) is 4.88. The predicted molar refractivity (Wildman–Crippen MR) is 107 cm³/mol. The number of amides is 2. The van der Waals surface area contributed by atoms with E-state index in [-0.39, 0.29) is 6.03 Å². The monoisotopic (exact) mass is 367 g/mol. The van der Waals surface area contributed by atoms with Gasteiger partial charge in [-0.1, -0.05) is 41.9 Å². The first-order valence-electron chi connectivity index (χ1n) is 8.53. The van der Waals surface area contributed by atoms with Gasteiger partial charge < -0.3 is 15.2 Å². The molecule has 2 N–H and O–H groups in total. The summed E-state index contributed by atoms with van der Waals surface area (Å²) in [6.07, 6.45) is 2.03. The molecule has 0 aliphatic carbocycles. The van der Waals surface area contributed by atoms with E-state index in [4.69, 9.17) is 11.6 Å². The van der Waals surface area contributed by atoms with Gasteiger partial charge in [0.05, 0.1) is 6.54 Å². The molecule has 0 bridgehead atoms. The van der Waals surface area contributed by atoms with Crippen LogP contribution in [0, 0.1) is 13.8 Å². The second-order valence-corrected chi connectivity index (χ2v) is 6.68. The van der Waals surface area contributed by atoms with Crippen LogP contribution in [0.4, 0.5) is 10.5 Å². The minimum Gasteiger partial charge on any atom is -0.345 e. The van der Waals surface area contributed by atoms with Crippen LogP contribution < -0.4 is 10.6 Å². The Labute approximate surface area is 158 Å². The van der Waals surface area contributed by atoms with Crippen molar-refractivity contribution in [3.05, 3.63) is 88.2 Å². The first-order chi connectivity index (χ1) is 12.5. The molecule has 0 unspecified atom stereocenters. The Kier molecular flexibility index (Phi) is 5.64. The second-order valence-electron chi connectivity index (χ2n) is 6.27. The van der Waals surface area contributed by atoms with Crippen LogP contribution in [0.25, 0.3) is 0 Å². The van der Waals surface area contributed by atoms with Gasteiger partial charge >= 0.3 is 6.03 Å². The van der Waals surface area contributed by atoms with E-state index in [1.54, 1.807) is 6.07 Å². The van der Waals surface area contributed by atoms with E-state index < -0.39 is 0 Å². The van der Waals surface area contributed by atoms with Crippen molar-refractivity contribution in [1.82, 2.24) is 9.88 Å². The van der Waals surface area contributed by atoms with Crippen molar-refractivity contribution in [1.29, 1.82) is 0 Å². The Bertz CT molecular complexity index is 917. The van der Waals surface area contributed by atoms with Crippen LogP contribution in [0.2, 0.25) is 5.02 Å². The molecule has 4 nitrogen and oxygen atoms in total. The van der Waals surface area contributed by atoms with Crippen molar-refractivity contribution in [2.45, 2.75) is 26.9 Å². The van der Waals surface area contributed by atoms with Gasteiger partial charge in [0, 0.05) is 29.1 Å². The summed E-state index contributed by atoms with van der Waals surface area (Å²) in [6, 6.07) is 17.5. The summed E-state index contributed by atoms with van der Waals surface area (Å²) in [7, 11) is 0. The number of carbonyl (C=O) groups is 1. The average molecular weight is 368 g/mol. The van der Waals surface area contributed by atoms with Gasteiger partial charge in [0.1, 0.15) is 0 Å². The number of nitrogens with one attached hydrogen (secondary N) is 2. The summed E-state index contributed by atoms with van der Waals surface area (Å²) >= 11 is 6.09. The van der Waals surface area contributed by atoms with Gasteiger partial charge in [-0.15, -0.1) is 0 Å². The van der Waals surface area contributed by atoms with Crippen molar-refractivity contribution < 1.29 is 4.79 Å². The standard InChI is InChI=1S/C21H22ClN3O/c1-15-7-3-4-8-17(15)14-25-12-6-9-18(25)13-23-21(26)24-20-11-5-10-19(22)16(20)2/h3-12H,13-14H2,1-2H3,(H2,23,24,26). The number of carbonyl (C=O) groups excluding carboxylic acids is 1. The molecule has 0 spiro atoms.